The zero-order valence-corrected chi connectivity index (χ0v) is 82.0. The number of sulfonamides is 4. The van der Waals surface area contributed by atoms with E-state index in [4.69, 9.17) is 34.8 Å². The Balaban J connectivity index is 0.000000234. The van der Waals surface area contributed by atoms with Crippen LogP contribution in [0.25, 0.3) is 32.7 Å². The number of benzene rings is 8. The molecular weight excluding hydrogens is 2000 g/mol. The normalized spacial score (nSPS) is 15.8. The number of halogens is 5. The number of piperazine rings is 2. The predicted octanol–water partition coefficient (Wildman–Crippen LogP) is 16.7. The van der Waals surface area contributed by atoms with E-state index in [0.29, 0.717) is 99.8 Å². The van der Waals surface area contributed by atoms with Gasteiger partial charge in [0.25, 0.3) is 40.1 Å². The van der Waals surface area contributed by atoms with Gasteiger partial charge in [0.2, 0.25) is 34.7 Å². The number of fused-ring (bicyclic) bond motifs is 3. The van der Waals surface area contributed by atoms with Crippen LogP contribution in [0.15, 0.2) is 267 Å². The first kappa shape index (κ1) is 98.7. The molecule has 0 spiro atoms. The molecule has 19 rings (SSSR count). The Kier molecular flexibility index (Phi) is 31.0. The minimum atomic E-state index is -3.82. The van der Waals surface area contributed by atoms with Crippen molar-refractivity contribution in [1.82, 2.24) is 58.0 Å². The van der Waals surface area contributed by atoms with Crippen LogP contribution in [0.3, 0.4) is 0 Å². The fraction of sp³-hybridized carbons (Fsp3) is 0.239. The molecule has 0 aliphatic carbocycles. The highest BCUT2D eigenvalue weighted by atomic mass is 35.5. The van der Waals surface area contributed by atoms with Crippen molar-refractivity contribution in [3.8, 4) is 0 Å². The van der Waals surface area contributed by atoms with Crippen LogP contribution in [0.1, 0.15) is 60.7 Å². The van der Waals surface area contributed by atoms with Crippen LogP contribution in [0.4, 0.5) is 46.4 Å². The van der Waals surface area contributed by atoms with Gasteiger partial charge in [0.05, 0.1) is 59.8 Å². The number of likely N-dealkylation sites (tertiary alicyclic amines) is 1. The summed E-state index contributed by atoms with van der Waals surface area (Å²) in [6.07, 6.45) is 14.4. The molecule has 4 aliphatic heterocycles. The van der Waals surface area contributed by atoms with Crippen LogP contribution in [-0.2, 0) is 83.6 Å². The molecule has 8 aromatic carbocycles. The number of nitrogens with zero attached hydrogens (tertiary/aromatic N) is 14. The van der Waals surface area contributed by atoms with Gasteiger partial charge in [-0.1, -0.05) is 77.3 Å². The highest BCUT2D eigenvalue weighted by Gasteiger charge is 2.37. The van der Waals surface area contributed by atoms with Gasteiger partial charge in [-0.3, -0.25) is 42.9 Å². The topological polar surface area (TPSA) is 401 Å². The molecule has 5 amide bonds. The van der Waals surface area contributed by atoms with E-state index in [1.165, 1.54) is 98.4 Å². The molecule has 138 heavy (non-hydrogen) atoms. The number of rotatable bonds is 27. The van der Waals surface area contributed by atoms with Crippen LogP contribution in [0.5, 0.6) is 0 Å². The van der Waals surface area contributed by atoms with Gasteiger partial charge in [-0.05, 0) is 201 Å². The third-order valence-electron chi connectivity index (χ3n) is 23.6. The van der Waals surface area contributed by atoms with Gasteiger partial charge in [0.1, 0.15) is 32.0 Å². The molecule has 4 aliphatic rings. The van der Waals surface area contributed by atoms with E-state index in [-0.39, 0.29) is 122 Å². The lowest BCUT2D eigenvalue weighted by Gasteiger charge is -2.42. The maximum atomic E-state index is 13.7. The molecule has 0 radical (unpaired) electrons. The average molecular weight is 2100 g/mol. The number of amides is 5. The molecule has 7 aromatic heterocycles. The number of aliphatic hydroxyl groups excluding tert-OH is 1. The second-order valence-corrected chi connectivity index (χ2v) is 43.7. The minimum Gasteiger partial charge on any atom is -0.394 e. The van der Waals surface area contributed by atoms with Crippen LogP contribution >= 0.6 is 80.3 Å². The van der Waals surface area contributed by atoms with Crippen molar-refractivity contribution in [2.24, 2.45) is 0 Å². The zero-order valence-electron chi connectivity index (χ0n) is 73.2. The fourth-order valence-corrected chi connectivity index (χ4v) is 24.0. The maximum Gasteiger partial charge on any atom is 0.263 e. The number of thiazole rings is 3. The summed E-state index contributed by atoms with van der Waals surface area (Å²) in [5, 5.41) is 24.0. The second-order valence-electron chi connectivity index (χ2n) is 32.2. The minimum absolute atomic E-state index is 0. The van der Waals surface area contributed by atoms with Crippen molar-refractivity contribution in [2.45, 2.75) is 89.3 Å². The molecule has 15 aromatic rings. The summed E-state index contributed by atoms with van der Waals surface area (Å²) in [7, 11) is -15.0. The van der Waals surface area contributed by atoms with Gasteiger partial charge >= 0.3 is 0 Å². The van der Waals surface area contributed by atoms with Crippen molar-refractivity contribution in [1.29, 1.82) is 0 Å². The van der Waals surface area contributed by atoms with Crippen molar-refractivity contribution < 1.29 is 82.9 Å². The highest BCUT2D eigenvalue weighted by Crippen LogP contribution is 2.35. The number of piperidine rings is 1. The van der Waals surface area contributed by atoms with Gasteiger partial charge in [-0.25, -0.2) is 62.4 Å². The number of carbonyl (C=O) groups excluding carboxylic acids is 5. The number of aromatic nitrogens is 8. The van der Waals surface area contributed by atoms with Crippen molar-refractivity contribution in [3.63, 3.8) is 0 Å². The summed E-state index contributed by atoms with van der Waals surface area (Å²) in [5.74, 6) is -2.36. The standard InChI is InChI=1S/C25H26ClN5O4S2.C23H22ClN5O3S2.C23H19F2N5O4S2.C21H21ClN4O3S2.8H2/c1-17(30-10-8-18-2-3-19(26)14-23(18)30)24(33)31-12-11-29(15-21(31)16-32)20-4-6-22(7-5-20)37(34,35)28-25-27-9-13-36-25;24-20-3-1-2-18-10-13-29(22(18)20)14-21(30)28-11-8-17(9-12-28)16-4-6-19(7-5-16)34(31,32)27-23-25-15-26-33-23;24-18-11-15-5-7-28(20(15)12-19(18)25)13-21(31)29-8-9-30(22(32)14-29)16-1-3-17(4-2-16)36(33,34)27-23-26-6-10-35-23;22-16-3-1-15(2-4-16)9-11-23-19-10-13-26(20(19)27)17-5-7-18(8-6-17)31(28,29)25-21-24-12-14-30-21;;;;;;;;/h2-10,13-14,17,21,32H,11-12,15-16H2,1H3,(H,27,28);1-7,10,13,15,17H,8-9,11-12,14H2,(H,25,26,27);1-7,10-12H,8-9,13-14H2,(H,26,27);1-8,12,14,19,23H,9-11,13H2,(H,24,25);8*1H/t17-,21+;;;;;;;;;;;/m1.........../s1. The number of aliphatic hydroxyl groups is 1. The van der Waals surface area contributed by atoms with E-state index in [0.717, 1.165) is 92.9 Å². The Labute approximate surface area is 835 Å². The van der Waals surface area contributed by atoms with E-state index >= 15 is 0 Å². The monoisotopic (exact) mass is 2100 g/mol. The van der Waals surface area contributed by atoms with E-state index < -0.39 is 63.8 Å². The number of hydrogen-bond donors (Lipinski definition) is 6. The summed E-state index contributed by atoms with van der Waals surface area (Å²) >= 11 is 23.0. The van der Waals surface area contributed by atoms with Gasteiger partial charge in [0.15, 0.2) is 27.0 Å². The summed E-state index contributed by atoms with van der Waals surface area (Å²) in [5.41, 5.74) is 6.38. The molecule has 4 saturated heterocycles. The van der Waals surface area contributed by atoms with Crippen LogP contribution < -0.4 is 38.9 Å². The number of nitrogens with one attached hydrogen (secondary N) is 5. The van der Waals surface area contributed by atoms with Gasteiger partial charge in [-0.2, -0.15) is 4.37 Å². The predicted molar refractivity (Wildman–Crippen MR) is 549 cm³/mol. The Hall–Kier alpha value is -12.4. The smallest absolute Gasteiger partial charge is 0.263 e. The molecule has 1 unspecified atom stereocenters. The van der Waals surface area contributed by atoms with Crippen LogP contribution in [-0.4, -0.2) is 205 Å². The Morgan fingerprint density at radius 2 is 1.06 bits per heavy atom. The van der Waals surface area contributed by atoms with Gasteiger partial charge in [-0.15, -0.1) is 34.0 Å². The molecule has 6 N–H and O–H groups in total. The first-order chi connectivity index (χ1) is 66.3. The molecule has 4 fully saturated rings. The average Bonchev–Trinajstić information content (AvgIpc) is 1.57. The maximum absolute atomic E-state index is 13.7. The summed E-state index contributed by atoms with van der Waals surface area (Å²) < 4.78 is 146. The molecule has 0 bridgehead atoms. The number of anilines is 7. The quantitative estimate of drug-likeness (QED) is 0.0278. The second kappa shape index (κ2) is 43.3. The van der Waals surface area contributed by atoms with E-state index in [2.05, 4.69) is 48.5 Å². The highest BCUT2D eigenvalue weighted by molar-refractivity contribution is 7.94. The lowest BCUT2D eigenvalue weighted by molar-refractivity contribution is -0.138. The lowest BCUT2D eigenvalue weighted by Crippen LogP contribution is -2.57. The number of para-hydroxylation sites is 1. The SMILES string of the molecule is C[C@H](C(=O)N1CCN(c2ccc(S(=O)(=O)Nc3nccs3)cc2)C[C@H]1CO)n1ccc2ccc(Cl)cc21.O=C(Cn1ccc2cc(F)c(F)cc21)N1CCN(c2ccc(S(=O)(=O)Nc3nccs3)cc2)C(=O)C1.O=C(Cn1ccc2cccc(Cl)c21)N1CCC(c2ccc(S(=O)(=O)Nc3ncns3)cc2)CC1.O=C1C(NCCc2ccc(Cl)cc2)CCN1c1ccc(S(=O)(=O)Nc2nccs2)cc1.[HH].[HH].[HH].[HH].[HH].[HH].[HH].[HH]. The molecule has 33 nitrogen and oxygen atoms in total. The molecular formula is C92H104Cl3F2N19O14S8. The Morgan fingerprint density at radius 3 is 1.63 bits per heavy atom. The summed E-state index contributed by atoms with van der Waals surface area (Å²) in [6, 6.07) is 51.1. The molecule has 3 atom stereocenters. The molecule has 11 heterocycles. The van der Waals surface area contributed by atoms with Gasteiger partial charge in [0, 0.05) is 173 Å². The molecule has 734 valence electrons. The molecule has 46 heteroatoms. The Bertz CT molecular complexity index is 7390. The number of carbonyl (C=O) groups is 5. The number of hydrogen-bond acceptors (Lipinski definition) is 25. The van der Waals surface area contributed by atoms with Crippen molar-refractivity contribution >= 4 is 220 Å². The van der Waals surface area contributed by atoms with E-state index in [1.54, 1.807) is 86.7 Å². The summed E-state index contributed by atoms with van der Waals surface area (Å²) in [4.78, 5) is 91.2. The van der Waals surface area contributed by atoms with E-state index in [1.807, 2.05) is 123 Å². The first-order valence-corrected chi connectivity index (χ1v) is 53.5. The first-order valence-electron chi connectivity index (χ1n) is 43.0. The van der Waals surface area contributed by atoms with Crippen LogP contribution in [0.2, 0.25) is 15.1 Å². The summed E-state index contributed by atoms with van der Waals surface area (Å²) in [6.45, 7) is 6.13. The molecule has 0 saturated carbocycles. The van der Waals surface area contributed by atoms with Crippen LogP contribution in [0, 0.1) is 11.6 Å². The third-order valence-corrected chi connectivity index (χ3v) is 33.0. The third kappa shape index (κ3) is 23.6. The van der Waals surface area contributed by atoms with Gasteiger partial charge < -0.3 is 53.5 Å². The Morgan fingerprint density at radius 1 is 0.522 bits per heavy atom. The lowest BCUT2D eigenvalue weighted by atomic mass is 9.89. The largest absolute Gasteiger partial charge is 0.394 e. The zero-order chi connectivity index (χ0) is 97.2. The fourth-order valence-electron chi connectivity index (χ4n) is 16.4. The van der Waals surface area contributed by atoms with Crippen molar-refractivity contribution in [3.05, 3.63) is 286 Å². The van der Waals surface area contributed by atoms with Crippen molar-refractivity contribution in [2.75, 3.05) is 106 Å². The van der Waals surface area contributed by atoms with E-state index in [9.17, 15) is 71.5 Å².